The highest BCUT2D eigenvalue weighted by molar-refractivity contribution is 7.99. The fraction of sp³-hybridized carbons (Fsp3) is 0.227. The molecule has 0 radical (unpaired) electrons. The molecule has 0 spiro atoms. The topological polar surface area (TPSA) is 54.5 Å². The first-order valence-electron chi connectivity index (χ1n) is 9.32. The Bertz CT molecular complexity index is 1060. The normalized spacial score (nSPS) is 11.2. The van der Waals surface area contributed by atoms with E-state index in [-0.39, 0.29) is 0 Å². The van der Waals surface area contributed by atoms with Crippen LogP contribution in [-0.2, 0) is 12.2 Å². The van der Waals surface area contributed by atoms with Gasteiger partial charge in [-0.2, -0.15) is 0 Å². The van der Waals surface area contributed by atoms with E-state index in [0.29, 0.717) is 0 Å². The number of nitrogens with one attached hydrogen (secondary N) is 1. The van der Waals surface area contributed by atoms with Crippen molar-refractivity contribution in [2.45, 2.75) is 36.1 Å². The third-order valence-corrected chi connectivity index (χ3v) is 6.54. The second-order valence-electron chi connectivity index (χ2n) is 6.45. The van der Waals surface area contributed by atoms with Crippen LogP contribution >= 0.6 is 23.5 Å². The van der Waals surface area contributed by atoms with Crippen molar-refractivity contribution in [2.24, 2.45) is 0 Å². The van der Waals surface area contributed by atoms with Gasteiger partial charge in [0.1, 0.15) is 0 Å². The zero-order valence-corrected chi connectivity index (χ0v) is 17.6. The van der Waals surface area contributed by atoms with E-state index in [0.717, 1.165) is 45.5 Å². The molecule has 28 heavy (non-hydrogen) atoms. The number of pyridine rings is 2. The predicted octanol–water partition coefficient (Wildman–Crippen LogP) is 5.66. The van der Waals surface area contributed by atoms with Gasteiger partial charge in [0, 0.05) is 35.2 Å². The minimum Gasteiger partial charge on any atom is -0.333 e. The van der Waals surface area contributed by atoms with Gasteiger partial charge >= 0.3 is 0 Å². The molecule has 1 aromatic carbocycles. The van der Waals surface area contributed by atoms with Crippen molar-refractivity contribution in [3.8, 4) is 0 Å². The molecule has 3 aromatic heterocycles. The molecule has 3 heterocycles. The Morgan fingerprint density at radius 1 is 0.929 bits per heavy atom. The number of fused-ring (bicyclic) bond motifs is 1. The zero-order valence-electron chi connectivity index (χ0n) is 16.0. The van der Waals surface area contributed by atoms with Crippen LogP contribution in [0.2, 0.25) is 0 Å². The van der Waals surface area contributed by atoms with Gasteiger partial charge in [-0.15, -0.1) is 11.8 Å². The molecule has 4 nitrogen and oxygen atoms in total. The van der Waals surface area contributed by atoms with Crippen molar-refractivity contribution in [3.63, 3.8) is 0 Å². The van der Waals surface area contributed by atoms with E-state index in [1.807, 2.05) is 54.5 Å². The molecule has 4 aromatic rings. The Hall–Kier alpha value is -2.31. The molecule has 0 aliphatic rings. The van der Waals surface area contributed by atoms with Crippen molar-refractivity contribution >= 4 is 34.6 Å². The number of thioether (sulfide) groups is 2. The summed E-state index contributed by atoms with van der Waals surface area (Å²) >= 11 is 3.55. The molecular weight excluding hydrogens is 384 g/mol. The lowest BCUT2D eigenvalue weighted by Crippen LogP contribution is -2.02. The first-order valence-corrected chi connectivity index (χ1v) is 11.3. The third-order valence-electron chi connectivity index (χ3n) is 4.61. The average molecular weight is 407 g/mol. The molecule has 0 unspecified atom stereocenters. The van der Waals surface area contributed by atoms with Crippen LogP contribution in [0.1, 0.15) is 29.4 Å². The van der Waals surface area contributed by atoms with E-state index in [4.69, 9.17) is 0 Å². The standard InChI is InChI=1S/C22H22N4S2/c1-3-27-21-10-12-24-19(15(21)2)13-16-7-6-11-23-20(16)14-28-22-25-17-8-4-5-9-18(17)26-22/h4-12H,3,13-14H2,1-2H3,(H,25,26). The van der Waals surface area contributed by atoms with E-state index in [9.17, 15) is 0 Å². The van der Waals surface area contributed by atoms with Gasteiger partial charge in [0.2, 0.25) is 0 Å². The largest absolute Gasteiger partial charge is 0.333 e. The van der Waals surface area contributed by atoms with Gasteiger partial charge in [0.25, 0.3) is 0 Å². The van der Waals surface area contributed by atoms with Crippen LogP contribution in [0.25, 0.3) is 11.0 Å². The van der Waals surface area contributed by atoms with Gasteiger partial charge in [-0.05, 0) is 48.1 Å². The van der Waals surface area contributed by atoms with Crippen LogP contribution in [0.5, 0.6) is 0 Å². The second kappa shape index (κ2) is 8.80. The molecule has 142 valence electrons. The Morgan fingerprint density at radius 2 is 1.79 bits per heavy atom. The summed E-state index contributed by atoms with van der Waals surface area (Å²) in [6.07, 6.45) is 4.58. The van der Waals surface area contributed by atoms with Crippen molar-refractivity contribution in [3.05, 3.63) is 77.4 Å². The smallest absolute Gasteiger partial charge is 0.166 e. The van der Waals surface area contributed by atoms with Crippen LogP contribution in [0.3, 0.4) is 0 Å². The summed E-state index contributed by atoms with van der Waals surface area (Å²) in [5, 5.41) is 0.924. The summed E-state index contributed by atoms with van der Waals surface area (Å²) in [6, 6.07) is 14.4. The number of rotatable bonds is 7. The lowest BCUT2D eigenvalue weighted by atomic mass is 10.1. The molecule has 0 fully saturated rings. The quantitative estimate of drug-likeness (QED) is 0.402. The summed E-state index contributed by atoms with van der Waals surface area (Å²) in [7, 11) is 0. The number of hydrogen-bond donors (Lipinski definition) is 1. The SMILES string of the molecule is CCSc1ccnc(Cc2cccnc2CSc2nc3ccccc3[nH]2)c1C. The molecule has 0 atom stereocenters. The number of imidazole rings is 1. The summed E-state index contributed by atoms with van der Waals surface area (Å²) in [5.41, 5.74) is 6.77. The zero-order chi connectivity index (χ0) is 19.3. The Labute approximate surface area is 173 Å². The first-order chi connectivity index (χ1) is 13.7. The van der Waals surface area contributed by atoms with E-state index < -0.39 is 0 Å². The molecule has 6 heteroatoms. The molecule has 0 amide bonds. The van der Waals surface area contributed by atoms with E-state index in [1.165, 1.54) is 16.0 Å². The highest BCUT2D eigenvalue weighted by Crippen LogP contribution is 2.27. The van der Waals surface area contributed by atoms with Gasteiger partial charge in [0.05, 0.1) is 16.7 Å². The fourth-order valence-electron chi connectivity index (χ4n) is 3.13. The summed E-state index contributed by atoms with van der Waals surface area (Å²) in [6.45, 7) is 4.35. The van der Waals surface area contributed by atoms with Crippen LogP contribution in [-0.4, -0.2) is 25.7 Å². The maximum Gasteiger partial charge on any atom is 0.166 e. The monoisotopic (exact) mass is 406 g/mol. The Kier molecular flexibility index (Phi) is 5.98. The lowest BCUT2D eigenvalue weighted by molar-refractivity contribution is 0.977. The number of benzene rings is 1. The summed E-state index contributed by atoms with van der Waals surface area (Å²) in [5.74, 6) is 1.84. The van der Waals surface area contributed by atoms with Gasteiger partial charge < -0.3 is 4.98 Å². The first kappa shape index (κ1) is 19.0. The molecule has 1 N–H and O–H groups in total. The number of aromatic nitrogens is 4. The third kappa shape index (κ3) is 4.23. The lowest BCUT2D eigenvalue weighted by Gasteiger charge is -2.11. The average Bonchev–Trinajstić information content (AvgIpc) is 3.13. The summed E-state index contributed by atoms with van der Waals surface area (Å²) < 4.78 is 0. The fourth-order valence-corrected chi connectivity index (χ4v) is 4.81. The number of H-pyrrole nitrogens is 1. The summed E-state index contributed by atoms with van der Waals surface area (Å²) in [4.78, 5) is 18.6. The van der Waals surface area contributed by atoms with Gasteiger partial charge in [-0.1, -0.05) is 36.9 Å². The minimum atomic E-state index is 0.776. The van der Waals surface area contributed by atoms with Gasteiger partial charge in [0.15, 0.2) is 5.16 Å². The van der Waals surface area contributed by atoms with Crippen LogP contribution in [0.4, 0.5) is 0 Å². The molecule has 0 saturated heterocycles. The molecule has 0 aliphatic heterocycles. The molecule has 0 saturated carbocycles. The number of para-hydroxylation sites is 2. The van der Waals surface area contributed by atoms with Crippen LogP contribution < -0.4 is 0 Å². The van der Waals surface area contributed by atoms with E-state index >= 15 is 0 Å². The number of hydrogen-bond acceptors (Lipinski definition) is 5. The highest BCUT2D eigenvalue weighted by Gasteiger charge is 2.11. The molecular formula is C22H22N4S2. The number of nitrogens with zero attached hydrogens (tertiary/aromatic N) is 3. The van der Waals surface area contributed by atoms with Crippen molar-refractivity contribution in [1.29, 1.82) is 0 Å². The maximum atomic E-state index is 4.65. The second-order valence-corrected chi connectivity index (χ2v) is 8.72. The number of aromatic amines is 1. The van der Waals surface area contributed by atoms with Crippen LogP contribution in [0.15, 0.2) is 64.9 Å². The van der Waals surface area contributed by atoms with Crippen molar-refractivity contribution in [1.82, 2.24) is 19.9 Å². The molecule has 4 rings (SSSR count). The van der Waals surface area contributed by atoms with E-state index in [2.05, 4.69) is 45.9 Å². The van der Waals surface area contributed by atoms with Crippen molar-refractivity contribution < 1.29 is 0 Å². The minimum absolute atomic E-state index is 0.776. The van der Waals surface area contributed by atoms with Crippen LogP contribution in [0, 0.1) is 6.92 Å². The molecule has 0 aliphatic carbocycles. The van der Waals surface area contributed by atoms with Gasteiger partial charge in [-0.25, -0.2) is 4.98 Å². The Balaban J connectivity index is 1.53. The Morgan fingerprint density at radius 3 is 2.64 bits per heavy atom. The van der Waals surface area contributed by atoms with Crippen molar-refractivity contribution in [2.75, 3.05) is 5.75 Å². The maximum absolute atomic E-state index is 4.65. The van der Waals surface area contributed by atoms with Gasteiger partial charge in [-0.3, -0.25) is 9.97 Å². The molecule has 0 bridgehead atoms. The highest BCUT2D eigenvalue weighted by atomic mass is 32.2. The van der Waals surface area contributed by atoms with E-state index in [1.54, 1.807) is 11.8 Å². The predicted molar refractivity (Wildman–Crippen MR) is 118 cm³/mol.